The fourth-order valence-corrected chi connectivity index (χ4v) is 6.26. The van der Waals surface area contributed by atoms with Gasteiger partial charge in [-0.2, -0.15) is 0 Å². The Morgan fingerprint density at radius 1 is 0.947 bits per heavy atom. The smallest absolute Gasteiger partial charge is 0.174 e. The van der Waals surface area contributed by atoms with Crippen LogP contribution < -0.4 is 15.0 Å². The first-order valence-corrected chi connectivity index (χ1v) is 13.7. The van der Waals surface area contributed by atoms with Gasteiger partial charge in [0.1, 0.15) is 11.5 Å². The fourth-order valence-electron chi connectivity index (χ4n) is 5.92. The average molecular weight is 525 g/mol. The zero-order valence-electron chi connectivity index (χ0n) is 21.7. The molecule has 194 valence electrons. The minimum atomic E-state index is -0.119. The van der Waals surface area contributed by atoms with Gasteiger partial charge in [-0.05, 0) is 124 Å². The largest absolute Gasteiger partial charge is 0.508 e. The molecule has 4 aromatic rings. The number of rotatable bonds is 6. The van der Waals surface area contributed by atoms with Gasteiger partial charge in [-0.25, -0.2) is 0 Å². The van der Waals surface area contributed by atoms with Gasteiger partial charge in [0.05, 0.1) is 23.9 Å². The molecule has 2 aliphatic rings. The molecule has 2 N–H and O–H groups in total. The number of phenols is 1. The lowest BCUT2D eigenvalue weighted by Gasteiger charge is -2.28. The highest BCUT2D eigenvalue weighted by Gasteiger charge is 2.42. The van der Waals surface area contributed by atoms with Crippen LogP contribution in [0.15, 0.2) is 79.0 Å². The van der Waals surface area contributed by atoms with Crippen molar-refractivity contribution in [3.05, 3.63) is 102 Å². The first kappa shape index (κ1) is 24.5. The summed E-state index contributed by atoms with van der Waals surface area (Å²) < 4.78 is 8.44. The zero-order chi connectivity index (χ0) is 26.2. The predicted molar refractivity (Wildman–Crippen MR) is 154 cm³/mol. The molecule has 2 aromatic carbocycles. The van der Waals surface area contributed by atoms with Crippen molar-refractivity contribution in [3.8, 4) is 17.2 Å². The second-order valence-corrected chi connectivity index (χ2v) is 10.6. The van der Waals surface area contributed by atoms with Gasteiger partial charge in [-0.15, -0.1) is 0 Å². The molecule has 1 aliphatic carbocycles. The summed E-state index contributed by atoms with van der Waals surface area (Å²) in [6, 6.07) is 23.7. The molecular formula is C31H32N4O2S. The van der Waals surface area contributed by atoms with Crippen LogP contribution in [0.1, 0.15) is 60.4 Å². The molecular weight excluding hydrogens is 492 g/mol. The number of aromatic nitrogens is 2. The number of anilines is 1. The van der Waals surface area contributed by atoms with Crippen molar-refractivity contribution in [2.75, 3.05) is 4.90 Å². The Morgan fingerprint density at radius 2 is 1.66 bits per heavy atom. The number of benzene rings is 2. The van der Waals surface area contributed by atoms with Crippen LogP contribution in [0, 0.1) is 13.8 Å². The van der Waals surface area contributed by atoms with Gasteiger partial charge in [0.2, 0.25) is 0 Å². The van der Waals surface area contributed by atoms with E-state index >= 15 is 0 Å². The molecule has 7 heteroatoms. The highest BCUT2D eigenvalue weighted by molar-refractivity contribution is 7.80. The molecule has 6 nitrogen and oxygen atoms in total. The number of nitrogens with one attached hydrogen (secondary N) is 1. The third-order valence-corrected chi connectivity index (χ3v) is 8.03. The molecule has 1 aliphatic heterocycles. The predicted octanol–water partition coefficient (Wildman–Crippen LogP) is 6.69. The Labute approximate surface area is 228 Å². The molecule has 0 bridgehead atoms. The molecule has 1 saturated carbocycles. The van der Waals surface area contributed by atoms with Crippen LogP contribution >= 0.6 is 12.2 Å². The molecule has 6 rings (SSSR count). The molecule has 1 saturated heterocycles. The SMILES string of the molecule is Cc1cc([C@H]2[C@@H](c3ccccn3)NC(=S)N2c2ccc(OC3CCCC3)cc2)c(C)n1-c1ccc(O)cc1. The minimum Gasteiger partial charge on any atom is -0.508 e. The maximum absolute atomic E-state index is 9.82. The van der Waals surface area contributed by atoms with E-state index in [1.54, 1.807) is 12.1 Å². The van der Waals surface area contributed by atoms with Crippen LogP contribution in [0.4, 0.5) is 5.69 Å². The summed E-state index contributed by atoms with van der Waals surface area (Å²) in [5.41, 5.74) is 6.37. The summed E-state index contributed by atoms with van der Waals surface area (Å²) in [6.45, 7) is 4.25. The lowest BCUT2D eigenvalue weighted by Crippen LogP contribution is -2.29. The van der Waals surface area contributed by atoms with E-state index in [9.17, 15) is 5.11 Å². The highest BCUT2D eigenvalue weighted by atomic mass is 32.1. The monoisotopic (exact) mass is 524 g/mol. The standard InChI is InChI=1S/C31H32N4O2S/c1-20-19-27(21(2)34(20)22-10-14-24(36)15-11-22)30-29(28-9-5-6-18-32-28)33-31(38)35(30)23-12-16-26(17-13-23)37-25-7-3-4-8-25/h5-6,9-19,25,29-30,36H,3-4,7-8H2,1-2H3,(H,33,38)/t29-,30+/m1/s1. The summed E-state index contributed by atoms with van der Waals surface area (Å²) in [7, 11) is 0. The third-order valence-electron chi connectivity index (χ3n) is 7.71. The molecule has 0 amide bonds. The lowest BCUT2D eigenvalue weighted by molar-refractivity contribution is 0.210. The van der Waals surface area contributed by atoms with Gasteiger partial charge in [0.25, 0.3) is 0 Å². The van der Waals surface area contributed by atoms with E-state index in [-0.39, 0.29) is 17.8 Å². The third kappa shape index (κ3) is 4.52. The first-order valence-electron chi connectivity index (χ1n) is 13.3. The normalized spacial score (nSPS) is 19.6. The Hall–Kier alpha value is -3.84. The van der Waals surface area contributed by atoms with Crippen LogP contribution in [0.2, 0.25) is 0 Å². The number of aryl methyl sites for hydroxylation is 1. The number of aromatic hydroxyl groups is 1. The fraction of sp³-hybridized carbons (Fsp3) is 0.290. The Kier molecular flexibility index (Phi) is 6.54. The molecule has 0 unspecified atom stereocenters. The van der Waals surface area contributed by atoms with Crippen LogP contribution in [0.3, 0.4) is 0 Å². The van der Waals surface area contributed by atoms with Crippen molar-refractivity contribution in [3.63, 3.8) is 0 Å². The number of ether oxygens (including phenoxy) is 1. The number of pyridine rings is 1. The second kappa shape index (κ2) is 10.1. The number of hydrogen-bond donors (Lipinski definition) is 2. The van der Waals surface area contributed by atoms with Crippen molar-refractivity contribution < 1.29 is 9.84 Å². The Balaban J connectivity index is 1.41. The van der Waals surface area contributed by atoms with E-state index in [4.69, 9.17) is 21.9 Å². The van der Waals surface area contributed by atoms with Crippen LogP contribution in [0.5, 0.6) is 11.5 Å². The van der Waals surface area contributed by atoms with E-state index in [2.05, 4.69) is 65.0 Å². The second-order valence-electron chi connectivity index (χ2n) is 10.2. The molecule has 2 atom stereocenters. The van der Waals surface area contributed by atoms with E-state index < -0.39 is 0 Å². The minimum absolute atomic E-state index is 0.101. The van der Waals surface area contributed by atoms with Gasteiger partial charge >= 0.3 is 0 Å². The molecule has 2 fully saturated rings. The summed E-state index contributed by atoms with van der Waals surface area (Å²) in [5, 5.41) is 14.1. The molecule has 38 heavy (non-hydrogen) atoms. The summed E-state index contributed by atoms with van der Waals surface area (Å²) in [5.74, 6) is 1.16. The van der Waals surface area contributed by atoms with Gasteiger partial charge in [-0.1, -0.05) is 6.07 Å². The first-order chi connectivity index (χ1) is 18.5. The van der Waals surface area contributed by atoms with Crippen molar-refractivity contribution in [1.82, 2.24) is 14.9 Å². The number of hydrogen-bond acceptors (Lipinski definition) is 4. The number of thiocarbonyl (C=S) groups is 1. The van der Waals surface area contributed by atoms with Gasteiger partial charge < -0.3 is 24.6 Å². The van der Waals surface area contributed by atoms with Gasteiger partial charge in [-0.3, -0.25) is 4.98 Å². The summed E-state index contributed by atoms with van der Waals surface area (Å²) in [4.78, 5) is 6.90. The number of nitrogens with zero attached hydrogens (tertiary/aromatic N) is 3. The van der Waals surface area contributed by atoms with Crippen LogP contribution in [-0.2, 0) is 0 Å². The summed E-state index contributed by atoms with van der Waals surface area (Å²) >= 11 is 5.94. The van der Waals surface area contributed by atoms with E-state index in [1.807, 2.05) is 30.5 Å². The van der Waals surface area contributed by atoms with Crippen molar-refractivity contribution in [2.24, 2.45) is 0 Å². The van der Waals surface area contributed by atoms with Crippen molar-refractivity contribution >= 4 is 23.0 Å². The lowest BCUT2D eigenvalue weighted by atomic mass is 9.96. The quantitative estimate of drug-likeness (QED) is 0.274. The highest BCUT2D eigenvalue weighted by Crippen LogP contribution is 2.44. The molecule has 3 heterocycles. The topological polar surface area (TPSA) is 62.5 Å². The maximum atomic E-state index is 9.82. The van der Waals surface area contributed by atoms with Crippen LogP contribution in [-0.4, -0.2) is 25.9 Å². The number of phenolic OH excluding ortho intramolecular Hbond substituents is 1. The summed E-state index contributed by atoms with van der Waals surface area (Å²) in [6.07, 6.45) is 6.90. The Bertz CT molecular complexity index is 1430. The average Bonchev–Trinajstić information content (AvgIpc) is 3.64. The zero-order valence-corrected chi connectivity index (χ0v) is 22.5. The van der Waals surface area contributed by atoms with Crippen LogP contribution in [0.25, 0.3) is 5.69 Å². The molecule has 2 aromatic heterocycles. The van der Waals surface area contributed by atoms with Crippen molar-refractivity contribution in [2.45, 2.75) is 57.7 Å². The van der Waals surface area contributed by atoms with E-state index in [0.717, 1.165) is 47.0 Å². The van der Waals surface area contributed by atoms with Crippen molar-refractivity contribution in [1.29, 1.82) is 0 Å². The van der Waals surface area contributed by atoms with E-state index in [1.165, 1.54) is 18.4 Å². The van der Waals surface area contributed by atoms with E-state index in [0.29, 0.717) is 11.2 Å². The van der Waals surface area contributed by atoms with Gasteiger partial charge in [0, 0.05) is 29.0 Å². The molecule has 0 spiro atoms. The van der Waals surface area contributed by atoms with Gasteiger partial charge in [0.15, 0.2) is 5.11 Å². The Morgan fingerprint density at radius 3 is 2.34 bits per heavy atom. The molecule has 0 radical (unpaired) electrons. The maximum Gasteiger partial charge on any atom is 0.174 e.